The molecule has 0 saturated carbocycles. The van der Waals surface area contributed by atoms with Gasteiger partial charge in [-0.05, 0) is 31.5 Å². The van der Waals surface area contributed by atoms with Gasteiger partial charge in [-0.25, -0.2) is 5.10 Å². The molecular formula is C20H26ClN5O3. The van der Waals surface area contributed by atoms with E-state index in [1.807, 2.05) is 12.1 Å². The Morgan fingerprint density at radius 2 is 1.97 bits per heavy atom. The van der Waals surface area contributed by atoms with E-state index < -0.39 is 0 Å². The van der Waals surface area contributed by atoms with Crippen molar-refractivity contribution in [2.75, 3.05) is 62.7 Å². The average Bonchev–Trinajstić information content (AvgIpc) is 2.75. The Kier molecular flexibility index (Phi) is 6.41. The number of unbranched alkanes of at least 4 members (excludes halogenated alkanes) is 1. The number of fused-ring (bicyclic) bond motifs is 1. The number of halogens is 1. The van der Waals surface area contributed by atoms with Crippen LogP contribution in [0.1, 0.15) is 12.8 Å². The van der Waals surface area contributed by atoms with Crippen molar-refractivity contribution < 1.29 is 9.47 Å². The van der Waals surface area contributed by atoms with E-state index in [0.29, 0.717) is 30.5 Å². The smallest absolute Gasteiger partial charge is 0.289 e. The van der Waals surface area contributed by atoms with Crippen LogP contribution in [0, 0.1) is 0 Å². The Balaban J connectivity index is 1.20. The lowest BCUT2D eigenvalue weighted by Crippen LogP contribution is -2.46. The number of benzene rings is 1. The van der Waals surface area contributed by atoms with Crippen molar-refractivity contribution in [3.63, 3.8) is 0 Å². The van der Waals surface area contributed by atoms with E-state index in [4.69, 9.17) is 21.1 Å². The summed E-state index contributed by atoms with van der Waals surface area (Å²) in [6.07, 6.45) is 3.47. The number of hydrogen-bond donors (Lipinski definition) is 2. The molecule has 29 heavy (non-hydrogen) atoms. The molecule has 2 aliphatic rings. The van der Waals surface area contributed by atoms with E-state index in [2.05, 4.69) is 31.4 Å². The number of ether oxygens (including phenoxy) is 2. The van der Waals surface area contributed by atoms with Crippen LogP contribution in [0.2, 0.25) is 5.02 Å². The van der Waals surface area contributed by atoms with Gasteiger partial charge in [0.25, 0.3) is 5.56 Å². The minimum absolute atomic E-state index is 0.286. The molecule has 0 radical (unpaired) electrons. The van der Waals surface area contributed by atoms with Gasteiger partial charge < -0.3 is 19.7 Å². The Labute approximate surface area is 174 Å². The number of rotatable bonds is 7. The lowest BCUT2D eigenvalue weighted by Gasteiger charge is -2.37. The fourth-order valence-corrected chi connectivity index (χ4v) is 3.94. The molecule has 9 heteroatoms. The first-order valence-corrected chi connectivity index (χ1v) is 10.4. The molecule has 2 aromatic rings. The van der Waals surface area contributed by atoms with Gasteiger partial charge in [0.2, 0.25) is 0 Å². The Morgan fingerprint density at radius 1 is 1.14 bits per heavy atom. The monoisotopic (exact) mass is 419 g/mol. The van der Waals surface area contributed by atoms with Gasteiger partial charge in [-0.1, -0.05) is 17.7 Å². The number of para-hydroxylation sites is 1. The van der Waals surface area contributed by atoms with Crippen LogP contribution >= 0.6 is 11.6 Å². The van der Waals surface area contributed by atoms with Gasteiger partial charge in [0.05, 0.1) is 16.9 Å². The fraction of sp³-hybridized carbons (Fsp3) is 0.500. The number of nitrogens with one attached hydrogen (secondary N) is 2. The maximum atomic E-state index is 11.7. The summed E-state index contributed by atoms with van der Waals surface area (Å²) in [6, 6.07) is 6.11. The Morgan fingerprint density at radius 3 is 2.79 bits per heavy atom. The SMILES string of the molecule is O=c1[nH]ncc(Cl)c1NCCCCN1CCN(c2cccc3c2OCCO3)CC1. The first kappa shape index (κ1) is 19.8. The zero-order valence-corrected chi connectivity index (χ0v) is 17.1. The Bertz CT molecular complexity index is 883. The molecule has 0 spiro atoms. The van der Waals surface area contributed by atoms with Crippen LogP contribution in [0.5, 0.6) is 11.5 Å². The maximum Gasteiger partial charge on any atom is 0.289 e. The summed E-state index contributed by atoms with van der Waals surface area (Å²) in [6.45, 7) is 6.96. The summed E-state index contributed by atoms with van der Waals surface area (Å²) < 4.78 is 11.6. The van der Waals surface area contributed by atoms with Gasteiger partial charge in [0.15, 0.2) is 11.5 Å². The van der Waals surface area contributed by atoms with Crippen LogP contribution in [0.25, 0.3) is 0 Å². The van der Waals surface area contributed by atoms with Crippen molar-refractivity contribution in [3.05, 3.63) is 39.8 Å². The first-order chi connectivity index (χ1) is 14.2. The molecule has 156 valence electrons. The van der Waals surface area contributed by atoms with Gasteiger partial charge in [0.1, 0.15) is 18.9 Å². The van der Waals surface area contributed by atoms with E-state index in [9.17, 15) is 4.79 Å². The van der Waals surface area contributed by atoms with E-state index >= 15 is 0 Å². The van der Waals surface area contributed by atoms with E-state index in [1.165, 1.54) is 6.20 Å². The molecule has 1 aromatic heterocycles. The number of aromatic amines is 1. The topological polar surface area (TPSA) is 82.7 Å². The van der Waals surface area contributed by atoms with E-state index in [-0.39, 0.29) is 5.56 Å². The molecule has 0 unspecified atom stereocenters. The predicted molar refractivity (Wildman–Crippen MR) is 114 cm³/mol. The molecule has 0 aliphatic carbocycles. The third-order valence-corrected chi connectivity index (χ3v) is 5.56. The normalized spacial score (nSPS) is 16.7. The highest BCUT2D eigenvalue weighted by atomic mass is 35.5. The molecule has 3 heterocycles. The van der Waals surface area contributed by atoms with Gasteiger partial charge >= 0.3 is 0 Å². The molecule has 1 aromatic carbocycles. The summed E-state index contributed by atoms with van der Waals surface area (Å²) in [5.41, 5.74) is 1.24. The minimum atomic E-state index is -0.286. The van der Waals surface area contributed by atoms with Crippen molar-refractivity contribution >= 4 is 23.0 Å². The number of anilines is 2. The highest BCUT2D eigenvalue weighted by Gasteiger charge is 2.23. The Hall–Kier alpha value is -2.45. The zero-order valence-electron chi connectivity index (χ0n) is 16.3. The largest absolute Gasteiger partial charge is 0.486 e. The molecule has 0 amide bonds. The van der Waals surface area contributed by atoms with Crippen molar-refractivity contribution in [2.24, 2.45) is 0 Å². The highest BCUT2D eigenvalue weighted by molar-refractivity contribution is 6.32. The second-order valence-corrected chi connectivity index (χ2v) is 7.59. The van der Waals surface area contributed by atoms with Crippen LogP contribution in [0.4, 0.5) is 11.4 Å². The third-order valence-electron chi connectivity index (χ3n) is 5.27. The molecule has 0 atom stereocenters. The number of aromatic nitrogens is 2. The molecule has 2 aliphatic heterocycles. The van der Waals surface area contributed by atoms with Crippen LogP contribution in [-0.2, 0) is 0 Å². The number of H-pyrrole nitrogens is 1. The summed E-state index contributed by atoms with van der Waals surface area (Å²) in [5, 5.41) is 9.51. The van der Waals surface area contributed by atoms with Gasteiger partial charge in [-0.2, -0.15) is 5.10 Å². The number of nitrogens with zero attached hydrogens (tertiary/aromatic N) is 3. The van der Waals surface area contributed by atoms with Crippen molar-refractivity contribution in [3.8, 4) is 11.5 Å². The molecule has 2 N–H and O–H groups in total. The molecule has 1 saturated heterocycles. The van der Waals surface area contributed by atoms with E-state index in [0.717, 1.165) is 62.8 Å². The number of piperazine rings is 1. The standard InChI is InChI=1S/C20H26ClN5O3/c21-15-14-23-24-20(27)18(15)22-6-1-2-7-25-8-10-26(11-9-25)16-4-3-5-17-19(16)29-13-12-28-17/h3-5,14H,1-2,6-13H2,(H,22,23)(H,24,27). The summed E-state index contributed by atoms with van der Waals surface area (Å²) in [7, 11) is 0. The summed E-state index contributed by atoms with van der Waals surface area (Å²) >= 11 is 6.00. The molecule has 0 bridgehead atoms. The van der Waals surface area contributed by atoms with Gasteiger partial charge in [-0.3, -0.25) is 9.69 Å². The predicted octanol–water partition coefficient (Wildman–Crippen LogP) is 2.21. The second-order valence-electron chi connectivity index (χ2n) is 7.19. The number of hydrogen-bond acceptors (Lipinski definition) is 7. The molecule has 8 nitrogen and oxygen atoms in total. The van der Waals surface area contributed by atoms with Gasteiger partial charge in [0, 0.05) is 32.7 Å². The maximum absolute atomic E-state index is 11.7. The average molecular weight is 420 g/mol. The fourth-order valence-electron chi connectivity index (χ4n) is 3.73. The van der Waals surface area contributed by atoms with Crippen LogP contribution in [-0.4, -0.2) is 67.6 Å². The van der Waals surface area contributed by atoms with E-state index in [1.54, 1.807) is 0 Å². The van der Waals surface area contributed by atoms with Crippen LogP contribution in [0.3, 0.4) is 0 Å². The molecule has 4 rings (SSSR count). The van der Waals surface area contributed by atoms with Crippen LogP contribution in [0.15, 0.2) is 29.2 Å². The summed E-state index contributed by atoms with van der Waals surface area (Å²) in [5.74, 6) is 1.72. The van der Waals surface area contributed by atoms with Crippen molar-refractivity contribution in [1.82, 2.24) is 15.1 Å². The highest BCUT2D eigenvalue weighted by Crippen LogP contribution is 2.39. The minimum Gasteiger partial charge on any atom is -0.486 e. The third kappa shape index (κ3) is 4.76. The lowest BCUT2D eigenvalue weighted by atomic mass is 10.2. The first-order valence-electron chi connectivity index (χ1n) is 10.1. The van der Waals surface area contributed by atoms with Crippen molar-refractivity contribution in [1.29, 1.82) is 0 Å². The zero-order chi connectivity index (χ0) is 20.1. The molecular weight excluding hydrogens is 394 g/mol. The van der Waals surface area contributed by atoms with Crippen molar-refractivity contribution in [2.45, 2.75) is 12.8 Å². The van der Waals surface area contributed by atoms with Gasteiger partial charge in [-0.15, -0.1) is 0 Å². The lowest BCUT2D eigenvalue weighted by molar-refractivity contribution is 0.171. The second kappa shape index (κ2) is 9.37. The molecule has 1 fully saturated rings. The van der Waals surface area contributed by atoms with Crippen LogP contribution < -0.4 is 25.2 Å². The summed E-state index contributed by atoms with van der Waals surface area (Å²) in [4.78, 5) is 16.6. The quantitative estimate of drug-likeness (QED) is 0.666.